The number of nitrogens with zero attached hydrogens (tertiary/aromatic N) is 1. The van der Waals surface area contributed by atoms with Crippen molar-refractivity contribution in [1.29, 1.82) is 0 Å². The third kappa shape index (κ3) is 6.51. The van der Waals surface area contributed by atoms with Gasteiger partial charge in [0, 0.05) is 37.8 Å². The van der Waals surface area contributed by atoms with E-state index in [9.17, 15) is 9.59 Å². The number of likely N-dealkylation sites (tertiary alicyclic amines) is 1. The van der Waals surface area contributed by atoms with Crippen LogP contribution in [0.2, 0.25) is 0 Å². The zero-order valence-electron chi connectivity index (χ0n) is 16.7. The Balaban J connectivity index is 1.27. The van der Waals surface area contributed by atoms with Gasteiger partial charge in [-0.25, -0.2) is 4.79 Å². The van der Waals surface area contributed by atoms with Crippen LogP contribution >= 0.6 is 0 Å². The van der Waals surface area contributed by atoms with Gasteiger partial charge in [-0.1, -0.05) is 37.5 Å². The normalized spacial score (nSPS) is 18.6. The molecule has 2 aliphatic rings. The van der Waals surface area contributed by atoms with Crippen LogP contribution in [-0.2, 0) is 9.53 Å². The van der Waals surface area contributed by atoms with Crippen LogP contribution in [0.15, 0.2) is 30.3 Å². The van der Waals surface area contributed by atoms with Crippen molar-refractivity contribution in [2.75, 3.05) is 31.6 Å². The quantitative estimate of drug-likeness (QED) is 0.700. The second-order valence-corrected chi connectivity index (χ2v) is 7.83. The number of hydrogen-bond acceptors (Lipinski definition) is 3. The second kappa shape index (κ2) is 11.1. The molecule has 0 bridgehead atoms. The fourth-order valence-corrected chi connectivity index (χ4v) is 3.98. The Morgan fingerprint density at radius 1 is 1.00 bits per heavy atom. The Labute approximate surface area is 168 Å². The van der Waals surface area contributed by atoms with Gasteiger partial charge in [-0.05, 0) is 44.2 Å². The molecular formula is C22H33N3O3. The van der Waals surface area contributed by atoms with Crippen molar-refractivity contribution < 1.29 is 14.3 Å². The highest BCUT2D eigenvalue weighted by Crippen LogP contribution is 2.20. The number of rotatable bonds is 7. The van der Waals surface area contributed by atoms with E-state index in [2.05, 4.69) is 10.6 Å². The third-order valence-electron chi connectivity index (χ3n) is 5.70. The van der Waals surface area contributed by atoms with E-state index in [1.54, 1.807) is 4.90 Å². The Bertz CT molecular complexity index is 609. The van der Waals surface area contributed by atoms with Crippen LogP contribution in [0.1, 0.15) is 51.4 Å². The lowest BCUT2D eigenvalue weighted by molar-refractivity contribution is -0.126. The van der Waals surface area contributed by atoms with Crippen LogP contribution in [0.4, 0.5) is 10.5 Å². The van der Waals surface area contributed by atoms with Crippen molar-refractivity contribution in [3.05, 3.63) is 30.3 Å². The van der Waals surface area contributed by atoms with Crippen LogP contribution in [-0.4, -0.2) is 49.2 Å². The zero-order valence-corrected chi connectivity index (χ0v) is 16.7. The summed E-state index contributed by atoms with van der Waals surface area (Å²) >= 11 is 0. The molecule has 1 heterocycles. The number of amides is 3. The van der Waals surface area contributed by atoms with Gasteiger partial charge in [0.05, 0.1) is 6.10 Å². The van der Waals surface area contributed by atoms with Gasteiger partial charge in [0.1, 0.15) is 0 Å². The first-order valence-electron chi connectivity index (χ1n) is 10.7. The SMILES string of the molecule is O=C(NCCCOC1CCCCC1)C1CCN(C(=O)Nc2ccccc2)CC1. The Morgan fingerprint density at radius 3 is 2.43 bits per heavy atom. The third-order valence-corrected chi connectivity index (χ3v) is 5.70. The van der Waals surface area contributed by atoms with Crippen LogP contribution in [0.25, 0.3) is 0 Å². The van der Waals surface area contributed by atoms with Crippen LogP contribution in [0.3, 0.4) is 0 Å². The van der Waals surface area contributed by atoms with Gasteiger partial charge < -0.3 is 20.3 Å². The summed E-state index contributed by atoms with van der Waals surface area (Å²) in [6.07, 6.45) is 8.98. The Kier molecular flexibility index (Phi) is 8.15. The van der Waals surface area contributed by atoms with E-state index in [1.807, 2.05) is 30.3 Å². The first-order chi connectivity index (χ1) is 13.7. The van der Waals surface area contributed by atoms with Crippen molar-refractivity contribution in [3.8, 4) is 0 Å². The molecule has 1 aromatic rings. The maximum atomic E-state index is 12.4. The first kappa shape index (κ1) is 20.6. The van der Waals surface area contributed by atoms with Crippen molar-refractivity contribution in [3.63, 3.8) is 0 Å². The lowest BCUT2D eigenvalue weighted by Crippen LogP contribution is -2.44. The Hall–Kier alpha value is -2.08. The molecule has 2 N–H and O–H groups in total. The average molecular weight is 388 g/mol. The molecular weight excluding hydrogens is 354 g/mol. The molecule has 2 fully saturated rings. The number of carbonyl (C=O) groups is 2. The summed E-state index contributed by atoms with van der Waals surface area (Å²) in [6, 6.07) is 9.36. The topological polar surface area (TPSA) is 70.7 Å². The lowest BCUT2D eigenvalue weighted by atomic mass is 9.96. The number of carbonyl (C=O) groups excluding carboxylic acids is 2. The fraction of sp³-hybridized carbons (Fsp3) is 0.636. The minimum Gasteiger partial charge on any atom is -0.378 e. The molecule has 3 rings (SSSR count). The van der Waals surface area contributed by atoms with Gasteiger partial charge in [0.15, 0.2) is 0 Å². The van der Waals surface area contributed by atoms with Crippen molar-refractivity contribution >= 4 is 17.6 Å². The van der Waals surface area contributed by atoms with E-state index in [1.165, 1.54) is 32.1 Å². The Morgan fingerprint density at radius 2 is 1.71 bits per heavy atom. The van der Waals surface area contributed by atoms with Gasteiger partial charge in [-0.3, -0.25) is 4.79 Å². The summed E-state index contributed by atoms with van der Waals surface area (Å²) in [5.41, 5.74) is 0.794. The molecule has 154 valence electrons. The van der Waals surface area contributed by atoms with E-state index in [0.29, 0.717) is 38.6 Å². The summed E-state index contributed by atoms with van der Waals surface area (Å²) in [6.45, 7) is 2.62. The maximum Gasteiger partial charge on any atom is 0.321 e. The summed E-state index contributed by atoms with van der Waals surface area (Å²) < 4.78 is 5.90. The molecule has 1 aliphatic heterocycles. The van der Waals surface area contributed by atoms with Crippen LogP contribution < -0.4 is 10.6 Å². The van der Waals surface area contributed by atoms with E-state index >= 15 is 0 Å². The second-order valence-electron chi connectivity index (χ2n) is 7.83. The number of nitrogens with one attached hydrogen (secondary N) is 2. The number of urea groups is 1. The zero-order chi connectivity index (χ0) is 19.6. The molecule has 0 aromatic heterocycles. The van der Waals surface area contributed by atoms with E-state index in [4.69, 9.17) is 4.74 Å². The molecule has 1 saturated carbocycles. The van der Waals surface area contributed by atoms with Gasteiger partial charge in [-0.2, -0.15) is 0 Å². The largest absolute Gasteiger partial charge is 0.378 e. The predicted octanol–water partition coefficient (Wildman–Crippen LogP) is 3.79. The summed E-state index contributed by atoms with van der Waals surface area (Å²) in [5.74, 6) is 0.112. The van der Waals surface area contributed by atoms with Gasteiger partial charge in [0.2, 0.25) is 5.91 Å². The van der Waals surface area contributed by atoms with Gasteiger partial charge in [-0.15, -0.1) is 0 Å². The van der Waals surface area contributed by atoms with Gasteiger partial charge >= 0.3 is 6.03 Å². The molecule has 0 atom stereocenters. The molecule has 1 saturated heterocycles. The summed E-state index contributed by atoms with van der Waals surface area (Å²) in [7, 11) is 0. The summed E-state index contributed by atoms with van der Waals surface area (Å²) in [5, 5.41) is 5.94. The lowest BCUT2D eigenvalue weighted by Gasteiger charge is -2.31. The van der Waals surface area contributed by atoms with Crippen LogP contribution in [0, 0.1) is 5.92 Å². The first-order valence-corrected chi connectivity index (χ1v) is 10.7. The van der Waals surface area contributed by atoms with E-state index in [-0.39, 0.29) is 17.9 Å². The number of para-hydroxylation sites is 1. The number of benzene rings is 1. The highest BCUT2D eigenvalue weighted by atomic mass is 16.5. The van der Waals surface area contributed by atoms with Gasteiger partial charge in [0.25, 0.3) is 0 Å². The molecule has 0 unspecified atom stereocenters. The average Bonchev–Trinajstić information content (AvgIpc) is 2.75. The standard InChI is InChI=1S/C22H33N3O3/c26-21(23-14-7-17-28-20-10-5-2-6-11-20)18-12-15-25(16-13-18)22(27)24-19-8-3-1-4-9-19/h1,3-4,8-9,18,20H,2,5-7,10-17H2,(H,23,26)(H,24,27). The van der Waals surface area contributed by atoms with Crippen molar-refractivity contribution in [2.45, 2.75) is 57.5 Å². The monoisotopic (exact) mass is 387 g/mol. The molecule has 28 heavy (non-hydrogen) atoms. The molecule has 0 radical (unpaired) electrons. The number of hydrogen-bond donors (Lipinski definition) is 2. The smallest absolute Gasteiger partial charge is 0.321 e. The molecule has 1 aliphatic carbocycles. The minimum absolute atomic E-state index is 0.0000353. The number of ether oxygens (including phenoxy) is 1. The van der Waals surface area contributed by atoms with Crippen LogP contribution in [0.5, 0.6) is 0 Å². The highest BCUT2D eigenvalue weighted by molar-refractivity contribution is 5.89. The highest BCUT2D eigenvalue weighted by Gasteiger charge is 2.27. The van der Waals surface area contributed by atoms with E-state index < -0.39 is 0 Å². The molecule has 0 spiro atoms. The number of piperidine rings is 1. The van der Waals surface area contributed by atoms with E-state index in [0.717, 1.165) is 18.7 Å². The minimum atomic E-state index is -0.0927. The molecule has 1 aromatic carbocycles. The molecule has 3 amide bonds. The molecule has 6 nitrogen and oxygen atoms in total. The number of anilines is 1. The predicted molar refractivity (Wildman–Crippen MR) is 110 cm³/mol. The molecule has 6 heteroatoms. The van der Waals surface area contributed by atoms with Crippen molar-refractivity contribution in [1.82, 2.24) is 10.2 Å². The van der Waals surface area contributed by atoms with Crippen molar-refractivity contribution in [2.24, 2.45) is 5.92 Å². The maximum absolute atomic E-state index is 12.4. The summed E-state index contributed by atoms with van der Waals surface area (Å²) in [4.78, 5) is 26.5. The fourth-order valence-electron chi connectivity index (χ4n) is 3.98.